The third kappa shape index (κ3) is 20.5. The smallest absolute Gasteiger partial charge is 0.0318 e. The zero-order valence-electron chi connectivity index (χ0n) is 20.6. The molecule has 0 aromatic rings. The largest absolute Gasteiger partial charge is 0.0772 e. The molecule has 0 saturated carbocycles. The van der Waals surface area contributed by atoms with Gasteiger partial charge in [-0.25, -0.2) is 0 Å². The maximum atomic E-state index is 2.34. The maximum Gasteiger partial charge on any atom is -0.0318 e. The molecule has 0 aromatic heterocycles. The number of hydrogen-bond acceptors (Lipinski definition) is 0. The van der Waals surface area contributed by atoms with Crippen LogP contribution < -0.4 is 0 Å². The molecule has 28 heavy (non-hydrogen) atoms. The van der Waals surface area contributed by atoms with E-state index < -0.39 is 0 Å². The lowest BCUT2D eigenvalue weighted by Crippen LogP contribution is -1.90. The van der Waals surface area contributed by atoms with Crippen LogP contribution in [0.4, 0.5) is 0 Å². The molecular weight excluding hydrogens is 336 g/mol. The summed E-state index contributed by atoms with van der Waals surface area (Å²) in [4.78, 5) is 0. The van der Waals surface area contributed by atoms with E-state index in [0.29, 0.717) is 0 Å². The van der Waals surface area contributed by atoms with Crippen molar-refractivity contribution in [2.24, 2.45) is 0 Å². The Morgan fingerprint density at radius 2 is 0.607 bits per heavy atom. The predicted octanol–water partition coefficient (Wildman–Crippen LogP) is 10.9. The van der Waals surface area contributed by atoms with Crippen molar-refractivity contribution in [3.05, 3.63) is 11.1 Å². The third-order valence-corrected chi connectivity index (χ3v) is 6.37. The van der Waals surface area contributed by atoms with Crippen molar-refractivity contribution in [1.82, 2.24) is 0 Å². The van der Waals surface area contributed by atoms with Gasteiger partial charge in [0, 0.05) is 0 Å². The van der Waals surface area contributed by atoms with Gasteiger partial charge < -0.3 is 0 Å². The van der Waals surface area contributed by atoms with Crippen LogP contribution in [0.1, 0.15) is 169 Å². The van der Waals surface area contributed by atoms with Gasteiger partial charge in [-0.1, -0.05) is 141 Å². The van der Waals surface area contributed by atoms with E-state index in [1.165, 1.54) is 141 Å². The first-order valence-electron chi connectivity index (χ1n) is 13.4. The zero-order valence-corrected chi connectivity index (χ0v) is 20.6. The van der Waals surface area contributed by atoms with E-state index in [4.69, 9.17) is 0 Å². The molecule has 0 aliphatic rings. The van der Waals surface area contributed by atoms with Crippen LogP contribution in [0.5, 0.6) is 0 Å². The van der Waals surface area contributed by atoms with Crippen molar-refractivity contribution in [3.8, 4) is 0 Å². The lowest BCUT2D eigenvalue weighted by Gasteiger charge is -2.10. The lowest BCUT2D eigenvalue weighted by atomic mass is 9.96. The molecule has 168 valence electrons. The monoisotopic (exact) mass is 392 g/mol. The fraction of sp³-hybridized carbons (Fsp3) is 0.929. The highest BCUT2D eigenvalue weighted by Crippen LogP contribution is 2.21. The Kier molecular flexibility index (Phi) is 22.8. The number of allylic oxidation sites excluding steroid dienone is 2. The van der Waals surface area contributed by atoms with Gasteiger partial charge in [0.05, 0.1) is 0 Å². The summed E-state index contributed by atoms with van der Waals surface area (Å²) in [5, 5.41) is 0. The lowest BCUT2D eigenvalue weighted by molar-refractivity contribution is 0.545. The molecular formula is C28H56. The average Bonchev–Trinajstić information content (AvgIpc) is 2.68. The molecule has 0 N–H and O–H groups in total. The molecule has 0 aliphatic carbocycles. The molecule has 0 bridgehead atoms. The van der Waals surface area contributed by atoms with Crippen LogP contribution in [-0.2, 0) is 0 Å². The van der Waals surface area contributed by atoms with Gasteiger partial charge in [0.2, 0.25) is 0 Å². The van der Waals surface area contributed by atoms with E-state index in [2.05, 4.69) is 27.7 Å². The Morgan fingerprint density at radius 1 is 0.357 bits per heavy atom. The summed E-state index contributed by atoms with van der Waals surface area (Å²) in [6.07, 6.45) is 31.7. The summed E-state index contributed by atoms with van der Waals surface area (Å²) in [6.45, 7) is 9.28. The minimum atomic E-state index is 1.37. The van der Waals surface area contributed by atoms with Gasteiger partial charge >= 0.3 is 0 Å². The van der Waals surface area contributed by atoms with Crippen LogP contribution in [-0.4, -0.2) is 0 Å². The molecule has 0 radical (unpaired) electrons. The topological polar surface area (TPSA) is 0 Å². The second-order valence-corrected chi connectivity index (χ2v) is 9.47. The highest BCUT2D eigenvalue weighted by atomic mass is 14.1. The Labute approximate surface area is 180 Å². The van der Waals surface area contributed by atoms with Gasteiger partial charge in [-0.2, -0.15) is 0 Å². The normalized spacial score (nSPS) is 11.1. The van der Waals surface area contributed by atoms with Gasteiger partial charge in [0.25, 0.3) is 0 Å². The van der Waals surface area contributed by atoms with Crippen LogP contribution in [0.2, 0.25) is 0 Å². The van der Waals surface area contributed by atoms with Crippen molar-refractivity contribution < 1.29 is 0 Å². The molecule has 0 fully saturated rings. The number of unbranched alkanes of at least 4 members (excludes halogenated alkanes) is 18. The van der Waals surface area contributed by atoms with E-state index in [1.807, 2.05) is 0 Å². The summed E-state index contributed by atoms with van der Waals surface area (Å²) < 4.78 is 0. The van der Waals surface area contributed by atoms with E-state index in [9.17, 15) is 0 Å². The average molecular weight is 393 g/mol. The molecule has 0 heteroatoms. The van der Waals surface area contributed by atoms with Gasteiger partial charge in [-0.15, -0.1) is 0 Å². The first-order valence-corrected chi connectivity index (χ1v) is 13.4. The fourth-order valence-electron chi connectivity index (χ4n) is 4.28. The molecule has 0 aromatic carbocycles. The van der Waals surface area contributed by atoms with Gasteiger partial charge in [0.1, 0.15) is 0 Å². The molecule has 0 unspecified atom stereocenters. The summed E-state index contributed by atoms with van der Waals surface area (Å²) in [5.41, 5.74) is 3.38. The molecule has 0 amide bonds. The molecule has 0 aliphatic heterocycles. The van der Waals surface area contributed by atoms with Crippen molar-refractivity contribution >= 4 is 0 Å². The van der Waals surface area contributed by atoms with E-state index in [-0.39, 0.29) is 0 Å². The number of hydrogen-bond donors (Lipinski definition) is 0. The molecule has 0 atom stereocenters. The molecule has 0 nitrogen and oxygen atoms in total. The Balaban J connectivity index is 3.48. The van der Waals surface area contributed by atoms with Crippen molar-refractivity contribution in [1.29, 1.82) is 0 Å². The fourth-order valence-corrected chi connectivity index (χ4v) is 4.28. The van der Waals surface area contributed by atoms with Gasteiger partial charge in [-0.05, 0) is 39.5 Å². The maximum absolute atomic E-state index is 2.34. The molecule has 0 heterocycles. The minimum absolute atomic E-state index is 1.37. The van der Waals surface area contributed by atoms with Crippen molar-refractivity contribution in [2.45, 2.75) is 169 Å². The minimum Gasteiger partial charge on any atom is -0.0772 e. The summed E-state index contributed by atoms with van der Waals surface area (Å²) in [7, 11) is 0. The van der Waals surface area contributed by atoms with E-state index in [1.54, 1.807) is 11.1 Å². The highest BCUT2D eigenvalue weighted by molar-refractivity contribution is 5.09. The van der Waals surface area contributed by atoms with Crippen LogP contribution in [0.25, 0.3) is 0 Å². The van der Waals surface area contributed by atoms with Crippen molar-refractivity contribution in [3.63, 3.8) is 0 Å². The van der Waals surface area contributed by atoms with Crippen LogP contribution in [0.15, 0.2) is 11.1 Å². The second kappa shape index (κ2) is 23.0. The Bertz CT molecular complexity index is 295. The Morgan fingerprint density at radius 3 is 0.857 bits per heavy atom. The number of rotatable bonds is 22. The molecule has 0 saturated heterocycles. The quantitative estimate of drug-likeness (QED) is 0.127. The van der Waals surface area contributed by atoms with Gasteiger partial charge in [0.15, 0.2) is 0 Å². The Hall–Kier alpha value is -0.260. The summed E-state index contributed by atoms with van der Waals surface area (Å²) >= 11 is 0. The van der Waals surface area contributed by atoms with Crippen LogP contribution in [0.3, 0.4) is 0 Å². The summed E-state index contributed by atoms with van der Waals surface area (Å²) in [5.74, 6) is 0. The van der Waals surface area contributed by atoms with E-state index in [0.717, 1.165) is 0 Å². The first kappa shape index (κ1) is 27.7. The highest BCUT2D eigenvalue weighted by Gasteiger charge is 2.02. The third-order valence-electron chi connectivity index (χ3n) is 6.37. The summed E-state index contributed by atoms with van der Waals surface area (Å²) in [6, 6.07) is 0. The first-order chi connectivity index (χ1) is 13.7. The van der Waals surface area contributed by atoms with Crippen molar-refractivity contribution in [2.75, 3.05) is 0 Å². The SMILES string of the molecule is CCCCCCCCCCCCC(CCCCCCCCCCCC)=C(C)C. The second-order valence-electron chi connectivity index (χ2n) is 9.47. The molecule has 0 rings (SSSR count). The molecule has 0 spiro atoms. The standard InChI is InChI=1S/C28H56/c1-5-7-9-11-13-15-17-19-21-23-25-28(27(3)4)26-24-22-20-18-16-14-12-10-8-6-2/h5-26H2,1-4H3. The predicted molar refractivity (Wildman–Crippen MR) is 131 cm³/mol. The zero-order chi connectivity index (χ0) is 20.7. The van der Waals surface area contributed by atoms with Crippen LogP contribution >= 0.6 is 0 Å². The van der Waals surface area contributed by atoms with Crippen LogP contribution in [0, 0.1) is 0 Å². The van der Waals surface area contributed by atoms with Gasteiger partial charge in [-0.3, -0.25) is 0 Å². The van der Waals surface area contributed by atoms with E-state index >= 15 is 0 Å².